The van der Waals surface area contributed by atoms with Gasteiger partial charge in [-0.05, 0) is 45.6 Å². The lowest BCUT2D eigenvalue weighted by atomic mass is 9.96. The number of carbonyl (C=O) groups is 3. The van der Waals surface area contributed by atoms with E-state index >= 15 is 0 Å². The van der Waals surface area contributed by atoms with Crippen molar-refractivity contribution in [3.05, 3.63) is 29.8 Å². The average molecular weight is 420 g/mol. The van der Waals surface area contributed by atoms with Gasteiger partial charge in [0.1, 0.15) is 17.9 Å². The summed E-state index contributed by atoms with van der Waals surface area (Å²) >= 11 is 0. The lowest BCUT2D eigenvalue weighted by Gasteiger charge is -2.32. The molecule has 8 heteroatoms. The quantitative estimate of drug-likeness (QED) is 0.706. The van der Waals surface area contributed by atoms with E-state index in [1.165, 1.54) is 0 Å². The Labute approximate surface area is 178 Å². The minimum Gasteiger partial charge on any atom is -0.496 e. The van der Waals surface area contributed by atoms with Crippen LogP contribution in [0.15, 0.2) is 24.3 Å². The molecule has 0 aromatic heterocycles. The van der Waals surface area contributed by atoms with E-state index in [9.17, 15) is 14.4 Å². The number of nitrogens with one attached hydrogen (secondary N) is 2. The molecule has 0 radical (unpaired) electrons. The summed E-state index contributed by atoms with van der Waals surface area (Å²) in [6.07, 6.45) is 1.31. The number of methoxy groups -OCH3 is 1. The topological polar surface area (TPSA) is 97.0 Å². The van der Waals surface area contributed by atoms with Crippen molar-refractivity contribution in [3.8, 4) is 5.75 Å². The molecule has 2 rings (SSSR count). The molecule has 1 aliphatic heterocycles. The van der Waals surface area contributed by atoms with Crippen molar-refractivity contribution in [1.29, 1.82) is 0 Å². The molecule has 0 atom stereocenters. The summed E-state index contributed by atoms with van der Waals surface area (Å²) in [7, 11) is 1.59. The van der Waals surface area contributed by atoms with Gasteiger partial charge in [0.25, 0.3) is 0 Å². The summed E-state index contributed by atoms with van der Waals surface area (Å²) in [6, 6.07) is 7.48. The Hall–Kier alpha value is -2.77. The third-order valence-electron chi connectivity index (χ3n) is 4.88. The fraction of sp³-hybridized carbons (Fsp3) is 0.591. The lowest BCUT2D eigenvalue weighted by molar-refractivity contribution is -0.131. The van der Waals surface area contributed by atoms with Gasteiger partial charge < -0.3 is 25.0 Å². The van der Waals surface area contributed by atoms with Crippen LogP contribution in [0, 0.1) is 5.92 Å². The molecular weight excluding hydrogens is 386 g/mol. The monoisotopic (exact) mass is 419 g/mol. The van der Waals surface area contributed by atoms with Crippen molar-refractivity contribution >= 4 is 17.9 Å². The zero-order valence-corrected chi connectivity index (χ0v) is 18.3. The number of nitrogens with zero attached hydrogens (tertiary/aromatic N) is 1. The van der Waals surface area contributed by atoms with Crippen molar-refractivity contribution in [2.75, 3.05) is 33.3 Å². The maximum Gasteiger partial charge on any atom is 0.408 e. The molecule has 0 saturated carbocycles. The van der Waals surface area contributed by atoms with Gasteiger partial charge in [0.2, 0.25) is 11.8 Å². The third-order valence-corrected chi connectivity index (χ3v) is 4.88. The maximum absolute atomic E-state index is 12.3. The van der Waals surface area contributed by atoms with E-state index in [-0.39, 0.29) is 24.8 Å². The van der Waals surface area contributed by atoms with Crippen LogP contribution >= 0.6 is 0 Å². The molecule has 0 bridgehead atoms. The normalized spacial score (nSPS) is 14.7. The fourth-order valence-electron chi connectivity index (χ4n) is 3.30. The molecule has 30 heavy (non-hydrogen) atoms. The predicted molar refractivity (Wildman–Crippen MR) is 113 cm³/mol. The second-order valence-electron chi connectivity index (χ2n) is 8.47. The third kappa shape index (κ3) is 7.93. The van der Waals surface area contributed by atoms with E-state index in [4.69, 9.17) is 9.47 Å². The number of hydrogen-bond donors (Lipinski definition) is 2. The Morgan fingerprint density at radius 3 is 2.40 bits per heavy atom. The van der Waals surface area contributed by atoms with E-state index in [0.29, 0.717) is 31.3 Å². The number of hydrogen-bond acceptors (Lipinski definition) is 5. The van der Waals surface area contributed by atoms with Gasteiger partial charge in [0.05, 0.1) is 13.5 Å². The molecule has 0 unspecified atom stereocenters. The molecule has 0 aliphatic carbocycles. The van der Waals surface area contributed by atoms with E-state index in [2.05, 4.69) is 10.6 Å². The largest absolute Gasteiger partial charge is 0.496 e. The molecular formula is C22H33N3O5. The van der Waals surface area contributed by atoms with Crippen LogP contribution in [0.5, 0.6) is 5.75 Å². The van der Waals surface area contributed by atoms with E-state index in [1.54, 1.807) is 32.8 Å². The van der Waals surface area contributed by atoms with Gasteiger partial charge in [-0.1, -0.05) is 18.2 Å². The Morgan fingerprint density at radius 1 is 1.10 bits per heavy atom. The molecule has 1 aromatic rings. The summed E-state index contributed by atoms with van der Waals surface area (Å²) in [4.78, 5) is 37.9. The van der Waals surface area contributed by atoms with Crippen molar-refractivity contribution in [2.24, 2.45) is 5.92 Å². The Kier molecular flexibility index (Phi) is 8.50. The van der Waals surface area contributed by atoms with Gasteiger partial charge >= 0.3 is 6.09 Å². The summed E-state index contributed by atoms with van der Waals surface area (Å²) in [5, 5.41) is 5.49. The second kappa shape index (κ2) is 10.8. The standard InChI is InChI=1S/C22H33N3O5/c1-22(2,3)30-21(28)24-15-20(27)25-11-9-16(10-12-25)14-23-19(26)13-17-7-5-6-8-18(17)29-4/h5-8,16H,9-15H2,1-4H3,(H,23,26)(H,24,28). The molecule has 1 aliphatic rings. The minimum atomic E-state index is -0.596. The number of piperidine rings is 1. The van der Waals surface area contributed by atoms with Crippen LogP contribution in [0.25, 0.3) is 0 Å². The second-order valence-corrected chi connectivity index (χ2v) is 8.47. The highest BCUT2D eigenvalue weighted by Gasteiger charge is 2.24. The molecule has 1 aromatic carbocycles. The SMILES string of the molecule is COc1ccccc1CC(=O)NCC1CCN(C(=O)CNC(=O)OC(C)(C)C)CC1. The van der Waals surface area contributed by atoms with E-state index in [0.717, 1.165) is 18.4 Å². The van der Waals surface area contributed by atoms with Crippen LogP contribution in [-0.4, -0.2) is 61.7 Å². The fourth-order valence-corrected chi connectivity index (χ4v) is 3.30. The first-order valence-electron chi connectivity index (χ1n) is 10.3. The number of rotatable bonds is 7. The first kappa shape index (κ1) is 23.5. The van der Waals surface area contributed by atoms with Gasteiger partial charge in [0.15, 0.2) is 0 Å². The first-order valence-corrected chi connectivity index (χ1v) is 10.3. The highest BCUT2D eigenvalue weighted by molar-refractivity contribution is 5.82. The highest BCUT2D eigenvalue weighted by atomic mass is 16.6. The van der Waals surface area contributed by atoms with Gasteiger partial charge in [0, 0.05) is 25.2 Å². The molecule has 0 spiro atoms. The summed E-state index contributed by atoms with van der Waals surface area (Å²) < 4.78 is 10.4. The Balaban J connectivity index is 1.67. The summed E-state index contributed by atoms with van der Waals surface area (Å²) in [5.41, 5.74) is 0.261. The predicted octanol–water partition coefficient (Wildman–Crippen LogP) is 2.12. The zero-order chi connectivity index (χ0) is 22.1. The number of ether oxygens (including phenoxy) is 2. The number of benzene rings is 1. The van der Waals surface area contributed by atoms with Crippen LogP contribution in [0.3, 0.4) is 0 Å². The number of para-hydroxylation sites is 1. The molecule has 3 amide bonds. The van der Waals surface area contributed by atoms with Gasteiger partial charge in [-0.3, -0.25) is 9.59 Å². The van der Waals surface area contributed by atoms with Gasteiger partial charge in [-0.15, -0.1) is 0 Å². The van der Waals surface area contributed by atoms with Crippen LogP contribution in [0.1, 0.15) is 39.2 Å². The summed E-state index contributed by atoms with van der Waals surface area (Å²) in [5.74, 6) is 0.869. The first-order chi connectivity index (χ1) is 14.2. The average Bonchev–Trinajstić information content (AvgIpc) is 2.70. The number of alkyl carbamates (subject to hydrolysis) is 1. The van der Waals surface area contributed by atoms with Gasteiger partial charge in [-0.2, -0.15) is 0 Å². The molecule has 1 fully saturated rings. The van der Waals surface area contributed by atoms with Crippen LogP contribution in [-0.2, 0) is 20.7 Å². The minimum absolute atomic E-state index is 0.0421. The van der Waals surface area contributed by atoms with Crippen LogP contribution < -0.4 is 15.4 Å². The molecule has 8 nitrogen and oxygen atoms in total. The Morgan fingerprint density at radius 2 is 1.77 bits per heavy atom. The van der Waals surface area contributed by atoms with Crippen LogP contribution in [0.2, 0.25) is 0 Å². The molecule has 1 saturated heterocycles. The lowest BCUT2D eigenvalue weighted by Crippen LogP contribution is -2.46. The zero-order valence-electron chi connectivity index (χ0n) is 18.3. The number of likely N-dealkylation sites (tertiary alicyclic amines) is 1. The van der Waals surface area contributed by atoms with Crippen molar-refractivity contribution in [1.82, 2.24) is 15.5 Å². The van der Waals surface area contributed by atoms with E-state index < -0.39 is 11.7 Å². The Bertz CT molecular complexity index is 737. The van der Waals surface area contributed by atoms with Crippen molar-refractivity contribution in [3.63, 3.8) is 0 Å². The van der Waals surface area contributed by atoms with Crippen LogP contribution in [0.4, 0.5) is 4.79 Å². The molecule has 166 valence electrons. The number of amides is 3. The smallest absolute Gasteiger partial charge is 0.408 e. The highest BCUT2D eigenvalue weighted by Crippen LogP contribution is 2.19. The molecule has 1 heterocycles. The maximum atomic E-state index is 12.3. The van der Waals surface area contributed by atoms with Gasteiger partial charge in [-0.25, -0.2) is 4.79 Å². The summed E-state index contributed by atoms with van der Waals surface area (Å²) in [6.45, 7) is 7.06. The molecule has 2 N–H and O–H groups in total. The van der Waals surface area contributed by atoms with Crippen molar-refractivity contribution in [2.45, 2.75) is 45.6 Å². The number of carbonyl (C=O) groups excluding carboxylic acids is 3. The van der Waals surface area contributed by atoms with Crippen molar-refractivity contribution < 1.29 is 23.9 Å². The van der Waals surface area contributed by atoms with E-state index in [1.807, 2.05) is 24.3 Å².